The van der Waals surface area contributed by atoms with Crippen molar-refractivity contribution in [3.63, 3.8) is 0 Å². The highest BCUT2D eigenvalue weighted by Gasteiger charge is 2.33. The van der Waals surface area contributed by atoms with Gasteiger partial charge in [0.25, 0.3) is 10.0 Å². The van der Waals surface area contributed by atoms with Crippen LogP contribution in [0.15, 0.2) is 83.8 Å². The number of nitrogens with one attached hydrogen (secondary N) is 1. The SMILES string of the molecule is CCC(C(=O)NC(C)C)N(Cc1ccccc1C)C(=O)CN(c1ccc(C)cc1)S(=O)(=O)c1ccccc1. The van der Waals surface area contributed by atoms with Gasteiger partial charge >= 0.3 is 0 Å². The normalized spacial score (nSPS) is 12.2. The summed E-state index contributed by atoms with van der Waals surface area (Å²) in [7, 11) is -4.06. The molecule has 0 aliphatic rings. The third-order valence-corrected chi connectivity index (χ3v) is 8.14. The van der Waals surface area contributed by atoms with Crippen LogP contribution in [0.1, 0.15) is 43.9 Å². The Morgan fingerprint density at radius 2 is 1.47 bits per heavy atom. The van der Waals surface area contributed by atoms with Crippen LogP contribution in [-0.4, -0.2) is 43.8 Å². The zero-order chi connectivity index (χ0) is 27.9. The maximum absolute atomic E-state index is 14.0. The van der Waals surface area contributed by atoms with Gasteiger partial charge in [-0.25, -0.2) is 8.42 Å². The van der Waals surface area contributed by atoms with Crippen molar-refractivity contribution in [2.75, 3.05) is 10.8 Å². The summed E-state index contributed by atoms with van der Waals surface area (Å²) >= 11 is 0. The Hall–Kier alpha value is -3.65. The Morgan fingerprint density at radius 3 is 2.05 bits per heavy atom. The van der Waals surface area contributed by atoms with Crippen LogP contribution in [0.2, 0.25) is 0 Å². The lowest BCUT2D eigenvalue weighted by atomic mass is 10.1. The Kier molecular flexibility index (Phi) is 9.69. The number of hydrogen-bond donors (Lipinski definition) is 1. The molecule has 0 radical (unpaired) electrons. The molecule has 3 aromatic carbocycles. The van der Waals surface area contributed by atoms with Crippen molar-refractivity contribution >= 4 is 27.5 Å². The predicted octanol–water partition coefficient (Wildman–Crippen LogP) is 4.83. The Morgan fingerprint density at radius 1 is 0.868 bits per heavy atom. The predicted molar refractivity (Wildman–Crippen MR) is 151 cm³/mol. The van der Waals surface area contributed by atoms with Gasteiger partial charge in [0.1, 0.15) is 12.6 Å². The summed E-state index contributed by atoms with van der Waals surface area (Å²) in [6.07, 6.45) is 0.381. The van der Waals surface area contributed by atoms with Crippen LogP contribution in [0.25, 0.3) is 0 Å². The molecule has 1 unspecified atom stereocenters. The van der Waals surface area contributed by atoms with Gasteiger partial charge in [0.05, 0.1) is 10.6 Å². The van der Waals surface area contributed by atoms with Gasteiger partial charge in [0.15, 0.2) is 0 Å². The molecule has 202 valence electrons. The van der Waals surface area contributed by atoms with Gasteiger partial charge in [0.2, 0.25) is 11.8 Å². The first-order chi connectivity index (χ1) is 18.0. The van der Waals surface area contributed by atoms with Crippen LogP contribution in [0.3, 0.4) is 0 Å². The summed E-state index contributed by atoms with van der Waals surface area (Å²) in [4.78, 5) is 28.8. The molecule has 0 aliphatic carbocycles. The van der Waals surface area contributed by atoms with Gasteiger partial charge in [-0.05, 0) is 69.5 Å². The van der Waals surface area contributed by atoms with Crippen molar-refractivity contribution in [2.45, 2.75) is 64.6 Å². The molecule has 1 atom stereocenters. The smallest absolute Gasteiger partial charge is 0.264 e. The molecule has 0 heterocycles. The maximum Gasteiger partial charge on any atom is 0.264 e. The second-order valence-corrected chi connectivity index (χ2v) is 11.6. The summed E-state index contributed by atoms with van der Waals surface area (Å²) in [5.74, 6) is -0.726. The number of carbonyl (C=O) groups excluding carboxylic acids is 2. The van der Waals surface area contributed by atoms with E-state index in [9.17, 15) is 18.0 Å². The van der Waals surface area contributed by atoms with Crippen LogP contribution >= 0.6 is 0 Å². The second-order valence-electron chi connectivity index (χ2n) is 9.70. The van der Waals surface area contributed by atoms with Crippen molar-refractivity contribution in [1.82, 2.24) is 10.2 Å². The van der Waals surface area contributed by atoms with Crippen LogP contribution < -0.4 is 9.62 Å². The van der Waals surface area contributed by atoms with Gasteiger partial charge in [-0.2, -0.15) is 0 Å². The first-order valence-electron chi connectivity index (χ1n) is 12.8. The maximum atomic E-state index is 14.0. The molecule has 0 saturated heterocycles. The first-order valence-corrected chi connectivity index (χ1v) is 14.3. The first kappa shape index (κ1) is 28.9. The molecule has 2 amide bonds. The second kappa shape index (κ2) is 12.7. The quantitative estimate of drug-likeness (QED) is 0.381. The van der Waals surface area contributed by atoms with Gasteiger partial charge in [0, 0.05) is 12.6 Å². The van der Waals surface area contributed by atoms with E-state index in [4.69, 9.17) is 0 Å². The minimum absolute atomic E-state index is 0.0865. The monoisotopic (exact) mass is 535 g/mol. The van der Waals surface area contributed by atoms with Crippen LogP contribution in [0.4, 0.5) is 5.69 Å². The molecule has 0 aromatic heterocycles. The van der Waals surface area contributed by atoms with E-state index in [1.165, 1.54) is 17.0 Å². The molecular weight excluding hydrogens is 498 g/mol. The fourth-order valence-electron chi connectivity index (χ4n) is 4.23. The van der Waals surface area contributed by atoms with Gasteiger partial charge in [-0.3, -0.25) is 13.9 Å². The van der Waals surface area contributed by atoms with Gasteiger partial charge in [-0.1, -0.05) is 67.1 Å². The zero-order valence-electron chi connectivity index (χ0n) is 22.7. The molecule has 3 rings (SSSR count). The molecule has 0 bridgehead atoms. The number of hydrogen-bond acceptors (Lipinski definition) is 4. The van der Waals surface area contributed by atoms with E-state index in [1.54, 1.807) is 30.3 Å². The minimum Gasteiger partial charge on any atom is -0.352 e. The lowest BCUT2D eigenvalue weighted by molar-refractivity contribution is -0.140. The molecule has 1 N–H and O–H groups in total. The van der Waals surface area contributed by atoms with Crippen molar-refractivity contribution in [3.05, 3.63) is 95.6 Å². The minimum atomic E-state index is -4.06. The number of aryl methyl sites for hydroxylation is 2. The molecular formula is C30H37N3O4S. The van der Waals surface area contributed by atoms with E-state index in [0.29, 0.717) is 12.1 Å². The summed E-state index contributed by atoms with van der Waals surface area (Å²) in [5.41, 5.74) is 3.22. The third kappa shape index (κ3) is 7.01. The zero-order valence-corrected chi connectivity index (χ0v) is 23.5. The van der Waals surface area contributed by atoms with E-state index >= 15 is 0 Å². The molecule has 0 fully saturated rings. The summed E-state index contributed by atoms with van der Waals surface area (Å²) in [5, 5.41) is 2.91. The Labute approximate surface area is 226 Å². The fourth-order valence-corrected chi connectivity index (χ4v) is 5.67. The fraction of sp³-hybridized carbons (Fsp3) is 0.333. The Bertz CT molecular complexity index is 1340. The van der Waals surface area contributed by atoms with E-state index < -0.39 is 28.5 Å². The number of sulfonamides is 1. The van der Waals surface area contributed by atoms with E-state index in [1.807, 2.05) is 71.0 Å². The van der Waals surface area contributed by atoms with Crippen molar-refractivity contribution in [1.29, 1.82) is 0 Å². The average molecular weight is 536 g/mol. The van der Waals surface area contributed by atoms with Crippen LogP contribution in [0, 0.1) is 13.8 Å². The van der Waals surface area contributed by atoms with Crippen molar-refractivity contribution < 1.29 is 18.0 Å². The summed E-state index contributed by atoms with van der Waals surface area (Å²) in [6.45, 7) is 9.18. The molecule has 0 spiro atoms. The number of benzene rings is 3. The summed E-state index contributed by atoms with van der Waals surface area (Å²) in [6, 6.07) is 21.9. The van der Waals surface area contributed by atoms with Gasteiger partial charge < -0.3 is 10.2 Å². The third-order valence-electron chi connectivity index (χ3n) is 6.35. The number of rotatable bonds is 11. The van der Waals surface area contributed by atoms with E-state index in [2.05, 4.69) is 5.32 Å². The van der Waals surface area contributed by atoms with Crippen LogP contribution in [-0.2, 0) is 26.2 Å². The molecule has 8 heteroatoms. The summed E-state index contributed by atoms with van der Waals surface area (Å²) < 4.78 is 28.7. The highest BCUT2D eigenvalue weighted by molar-refractivity contribution is 7.92. The standard InChI is InChI=1S/C30H37N3O4S/c1-6-28(30(35)31-22(2)3)32(20-25-13-11-10-12-24(25)5)29(34)21-33(26-18-16-23(4)17-19-26)38(36,37)27-14-8-7-9-15-27/h7-19,22,28H,6,20-21H2,1-5H3,(H,31,35). The molecule has 38 heavy (non-hydrogen) atoms. The van der Waals surface area contributed by atoms with Crippen LogP contribution in [0.5, 0.6) is 0 Å². The number of carbonyl (C=O) groups is 2. The number of anilines is 1. The van der Waals surface area contributed by atoms with Crippen molar-refractivity contribution in [3.8, 4) is 0 Å². The molecule has 7 nitrogen and oxygen atoms in total. The van der Waals surface area contributed by atoms with E-state index in [-0.39, 0.29) is 23.4 Å². The average Bonchev–Trinajstić information content (AvgIpc) is 2.88. The molecule has 3 aromatic rings. The number of amides is 2. The number of nitrogens with zero attached hydrogens (tertiary/aromatic N) is 2. The molecule has 0 aliphatic heterocycles. The lowest BCUT2D eigenvalue weighted by Gasteiger charge is -2.34. The lowest BCUT2D eigenvalue weighted by Crippen LogP contribution is -2.53. The Balaban J connectivity index is 2.06. The molecule has 0 saturated carbocycles. The topological polar surface area (TPSA) is 86.8 Å². The van der Waals surface area contributed by atoms with E-state index in [0.717, 1.165) is 21.0 Å². The van der Waals surface area contributed by atoms with Gasteiger partial charge in [-0.15, -0.1) is 0 Å². The van der Waals surface area contributed by atoms with Crippen molar-refractivity contribution in [2.24, 2.45) is 0 Å². The largest absolute Gasteiger partial charge is 0.352 e. The highest BCUT2D eigenvalue weighted by Crippen LogP contribution is 2.25. The highest BCUT2D eigenvalue weighted by atomic mass is 32.2.